The molecule has 0 bridgehead atoms. The summed E-state index contributed by atoms with van der Waals surface area (Å²) >= 11 is 0. The van der Waals surface area contributed by atoms with E-state index in [1.165, 1.54) is 6.04 Å². The summed E-state index contributed by atoms with van der Waals surface area (Å²) in [5, 5.41) is 0. The maximum atomic E-state index is 5.99. The van der Waals surface area contributed by atoms with E-state index in [9.17, 15) is 0 Å². The summed E-state index contributed by atoms with van der Waals surface area (Å²) in [7, 11) is -3.54. The van der Waals surface area contributed by atoms with Gasteiger partial charge in [-0.2, -0.15) is 0 Å². The third-order valence-electron chi connectivity index (χ3n) is 1.58. The first-order valence-corrected chi connectivity index (χ1v) is 12.8. The van der Waals surface area contributed by atoms with E-state index in [4.69, 9.17) is 8.23 Å². The molecule has 1 atom stereocenters. The van der Waals surface area contributed by atoms with Gasteiger partial charge < -0.3 is 8.23 Å². The predicted octanol–water partition coefficient (Wildman–Crippen LogP) is 2.08. The van der Waals surface area contributed by atoms with Crippen LogP contribution in [-0.4, -0.2) is 26.6 Å². The molecule has 0 heterocycles. The van der Waals surface area contributed by atoms with Crippen LogP contribution in [0.25, 0.3) is 0 Å². The third-order valence-corrected chi connectivity index (χ3v) is 10.8. The Hall–Kier alpha value is 0.571. The average molecular weight is 223 g/mol. The molecule has 12 heavy (non-hydrogen) atoms. The highest BCUT2D eigenvalue weighted by atomic mass is 28.5. The normalized spacial score (nSPS) is 15.2. The van der Waals surface area contributed by atoms with Crippen molar-refractivity contribution < 1.29 is 8.23 Å². The Balaban J connectivity index is 3.85. The lowest BCUT2D eigenvalue weighted by Gasteiger charge is -2.28. The zero-order valence-electron chi connectivity index (χ0n) is 9.18. The third kappa shape index (κ3) is 6.13. The molecule has 0 fully saturated rings. The van der Waals surface area contributed by atoms with Gasteiger partial charge in [-0.1, -0.05) is 6.92 Å². The van der Waals surface area contributed by atoms with Crippen LogP contribution in [-0.2, 0) is 8.23 Å². The van der Waals surface area contributed by atoms with Crippen molar-refractivity contribution in [3.8, 4) is 0 Å². The molecule has 0 aromatic heterocycles. The van der Waals surface area contributed by atoms with Gasteiger partial charge in [0.25, 0.3) is 0 Å². The van der Waals surface area contributed by atoms with E-state index in [0.29, 0.717) is 0 Å². The van der Waals surface area contributed by atoms with Crippen molar-refractivity contribution in [2.24, 2.45) is 0 Å². The smallest absolute Gasteiger partial charge is 0.310 e. The molecular formula is C7H22O2Si3. The molecule has 0 amide bonds. The largest absolute Gasteiger partial charge is 0.440 e. The lowest BCUT2D eigenvalue weighted by atomic mass is 11.0. The second-order valence-electron chi connectivity index (χ2n) is 3.90. The number of rotatable bonds is 5. The Morgan fingerprint density at radius 2 is 1.58 bits per heavy atom. The SMILES string of the molecule is CC[SiH](C)O[Si](C)(C)O[SiH](C)C. The fraction of sp³-hybridized carbons (Fsp3) is 1.00. The second kappa shape index (κ2) is 5.33. The molecule has 0 aliphatic carbocycles. The zero-order valence-corrected chi connectivity index (χ0v) is 12.5. The Kier molecular flexibility index (Phi) is 5.59. The summed E-state index contributed by atoms with van der Waals surface area (Å²) in [4.78, 5) is 0. The lowest BCUT2D eigenvalue weighted by molar-refractivity contribution is 0.412. The van der Waals surface area contributed by atoms with Crippen molar-refractivity contribution in [3.63, 3.8) is 0 Å². The molecule has 5 heteroatoms. The van der Waals surface area contributed by atoms with Gasteiger partial charge in [0.05, 0.1) is 0 Å². The first-order chi connectivity index (χ1) is 5.37. The molecule has 0 rings (SSSR count). The summed E-state index contributed by atoms with van der Waals surface area (Å²) in [6, 6.07) is 1.21. The molecule has 0 saturated carbocycles. The minimum absolute atomic E-state index is 0.906. The fourth-order valence-electron chi connectivity index (χ4n) is 1.16. The lowest BCUT2D eigenvalue weighted by Crippen LogP contribution is -2.42. The minimum Gasteiger partial charge on any atom is -0.440 e. The highest BCUT2D eigenvalue weighted by Gasteiger charge is 2.27. The van der Waals surface area contributed by atoms with Gasteiger partial charge in [0.2, 0.25) is 0 Å². The molecule has 2 nitrogen and oxygen atoms in total. The van der Waals surface area contributed by atoms with E-state index in [2.05, 4.69) is 39.7 Å². The first-order valence-electron chi connectivity index (χ1n) is 4.73. The predicted molar refractivity (Wildman–Crippen MR) is 62.0 cm³/mol. The van der Waals surface area contributed by atoms with Crippen LogP contribution in [0.4, 0.5) is 0 Å². The Morgan fingerprint density at radius 1 is 1.08 bits per heavy atom. The molecule has 0 saturated heterocycles. The highest BCUT2D eigenvalue weighted by molar-refractivity contribution is 6.78. The number of hydrogen-bond donors (Lipinski definition) is 0. The van der Waals surface area contributed by atoms with Gasteiger partial charge in [0, 0.05) is 0 Å². The van der Waals surface area contributed by atoms with Crippen molar-refractivity contribution in [1.29, 1.82) is 0 Å². The van der Waals surface area contributed by atoms with E-state index >= 15 is 0 Å². The Bertz CT molecular complexity index is 128. The topological polar surface area (TPSA) is 18.5 Å². The average Bonchev–Trinajstić information content (AvgIpc) is 1.83. The van der Waals surface area contributed by atoms with Crippen molar-refractivity contribution in [2.75, 3.05) is 0 Å². The second-order valence-corrected chi connectivity index (χ2v) is 13.1. The first kappa shape index (κ1) is 12.6. The van der Waals surface area contributed by atoms with Gasteiger partial charge in [0.1, 0.15) is 0 Å². The van der Waals surface area contributed by atoms with Gasteiger partial charge in [-0.25, -0.2) is 0 Å². The van der Waals surface area contributed by atoms with E-state index in [1.807, 2.05) is 0 Å². The van der Waals surface area contributed by atoms with Crippen LogP contribution in [0, 0.1) is 0 Å². The molecule has 0 spiro atoms. The monoisotopic (exact) mass is 222 g/mol. The van der Waals surface area contributed by atoms with Crippen LogP contribution in [0.3, 0.4) is 0 Å². The van der Waals surface area contributed by atoms with Gasteiger partial charge in [0.15, 0.2) is 18.1 Å². The zero-order chi connectivity index (χ0) is 9.78. The highest BCUT2D eigenvalue weighted by Crippen LogP contribution is 2.11. The van der Waals surface area contributed by atoms with E-state index in [-0.39, 0.29) is 0 Å². The molecule has 0 radical (unpaired) electrons. The van der Waals surface area contributed by atoms with Gasteiger partial charge in [-0.15, -0.1) is 0 Å². The summed E-state index contributed by atoms with van der Waals surface area (Å²) < 4.78 is 11.9. The van der Waals surface area contributed by atoms with Crippen LogP contribution in [0.5, 0.6) is 0 Å². The molecule has 0 aromatic carbocycles. The molecule has 0 aliphatic heterocycles. The van der Waals surface area contributed by atoms with Crippen LogP contribution < -0.4 is 0 Å². The van der Waals surface area contributed by atoms with Crippen molar-refractivity contribution in [3.05, 3.63) is 0 Å². The Labute approximate surface area is 81.0 Å². The molecule has 0 aromatic rings. The maximum Gasteiger partial charge on any atom is 0.310 e. The molecular weight excluding hydrogens is 200 g/mol. The number of hydrogen-bond acceptors (Lipinski definition) is 2. The minimum atomic E-state index is -1.73. The summed E-state index contributed by atoms with van der Waals surface area (Å²) in [5.41, 5.74) is 0. The van der Waals surface area contributed by atoms with Crippen molar-refractivity contribution in [2.45, 2.75) is 45.7 Å². The van der Waals surface area contributed by atoms with E-state index in [0.717, 1.165) is 0 Å². The van der Waals surface area contributed by atoms with Crippen LogP contribution in [0.2, 0.25) is 38.8 Å². The van der Waals surface area contributed by atoms with Crippen LogP contribution >= 0.6 is 0 Å². The van der Waals surface area contributed by atoms with E-state index < -0.39 is 26.6 Å². The van der Waals surface area contributed by atoms with Crippen molar-refractivity contribution >= 4 is 26.6 Å². The van der Waals surface area contributed by atoms with E-state index in [1.54, 1.807) is 0 Å². The standard InChI is InChI=1S/C7H22O2Si3/c1-7-11(4)9-12(5,6)8-10(2)3/h10-11H,7H2,1-6H3. The summed E-state index contributed by atoms with van der Waals surface area (Å²) in [5.74, 6) is 0. The van der Waals surface area contributed by atoms with Crippen molar-refractivity contribution in [1.82, 2.24) is 0 Å². The van der Waals surface area contributed by atoms with Crippen LogP contribution in [0.1, 0.15) is 6.92 Å². The van der Waals surface area contributed by atoms with Gasteiger partial charge in [-0.3, -0.25) is 0 Å². The maximum absolute atomic E-state index is 5.99. The summed E-state index contributed by atoms with van der Waals surface area (Å²) in [6.07, 6.45) is 0. The van der Waals surface area contributed by atoms with Crippen LogP contribution in [0.15, 0.2) is 0 Å². The molecule has 74 valence electrons. The fourth-order valence-corrected chi connectivity index (χ4v) is 11.0. The molecule has 0 aliphatic rings. The molecule has 1 unspecified atom stereocenters. The quantitative estimate of drug-likeness (QED) is 0.663. The Morgan fingerprint density at radius 3 is 1.92 bits per heavy atom. The summed E-state index contributed by atoms with van der Waals surface area (Å²) in [6.45, 7) is 13.2. The molecule has 0 N–H and O–H groups in total. The van der Waals surface area contributed by atoms with Gasteiger partial charge in [-0.05, 0) is 38.8 Å². The van der Waals surface area contributed by atoms with Gasteiger partial charge >= 0.3 is 8.56 Å².